The van der Waals surface area contributed by atoms with E-state index in [1.165, 1.54) is 10.6 Å². The molecule has 0 atom stereocenters. The molecule has 2 rings (SSSR count). The molecule has 0 saturated heterocycles. The van der Waals surface area contributed by atoms with Crippen LogP contribution in [0.5, 0.6) is 0 Å². The number of nitrogens with zero attached hydrogens (tertiary/aromatic N) is 2. The van der Waals surface area contributed by atoms with Crippen LogP contribution in [-0.2, 0) is 13.5 Å². The highest BCUT2D eigenvalue weighted by Crippen LogP contribution is 2.19. The molecule has 1 heterocycles. The summed E-state index contributed by atoms with van der Waals surface area (Å²) in [4.78, 5) is 11.7. The smallest absolute Gasteiger partial charge is 0.150 e. The molecule has 0 unspecified atom stereocenters. The third-order valence-electron chi connectivity index (χ3n) is 2.57. The van der Waals surface area contributed by atoms with E-state index in [0.29, 0.717) is 0 Å². The molecule has 88 valence electrons. The van der Waals surface area contributed by atoms with Crippen LogP contribution in [0.15, 0.2) is 41.4 Å². The van der Waals surface area contributed by atoms with E-state index in [2.05, 4.69) is 5.10 Å². The number of benzene rings is 1. The lowest BCUT2D eigenvalue weighted by atomic mass is 10.2. The van der Waals surface area contributed by atoms with E-state index in [1.54, 1.807) is 11.8 Å². The van der Waals surface area contributed by atoms with Gasteiger partial charge in [0.15, 0.2) is 0 Å². The van der Waals surface area contributed by atoms with Crippen LogP contribution in [0.3, 0.4) is 0 Å². The largest absolute Gasteiger partial charge is 0.298 e. The first kappa shape index (κ1) is 11.9. The highest BCUT2D eigenvalue weighted by atomic mass is 32.2. The van der Waals surface area contributed by atoms with E-state index in [-0.39, 0.29) is 0 Å². The number of aldehydes is 1. The number of carbonyl (C=O) groups is 1. The van der Waals surface area contributed by atoms with Gasteiger partial charge >= 0.3 is 0 Å². The van der Waals surface area contributed by atoms with Crippen molar-refractivity contribution in [2.24, 2.45) is 7.05 Å². The van der Waals surface area contributed by atoms with E-state index in [9.17, 15) is 4.79 Å². The Bertz CT molecular complexity index is 490. The molecule has 0 spiro atoms. The van der Waals surface area contributed by atoms with Crippen molar-refractivity contribution in [2.45, 2.75) is 11.3 Å². The van der Waals surface area contributed by atoms with Gasteiger partial charge < -0.3 is 0 Å². The summed E-state index contributed by atoms with van der Waals surface area (Å²) in [6.45, 7) is 0. The lowest BCUT2D eigenvalue weighted by molar-refractivity contribution is 0.112. The number of hydrogen-bond acceptors (Lipinski definition) is 3. The van der Waals surface area contributed by atoms with Gasteiger partial charge in [-0.25, -0.2) is 0 Å². The van der Waals surface area contributed by atoms with Crippen LogP contribution >= 0.6 is 11.8 Å². The summed E-state index contributed by atoms with van der Waals surface area (Å²) in [6, 6.07) is 9.70. The summed E-state index contributed by atoms with van der Waals surface area (Å²) in [5.41, 5.74) is 1.96. The van der Waals surface area contributed by atoms with Crippen LogP contribution < -0.4 is 0 Å². The second-order valence-corrected chi connectivity index (χ2v) is 4.90. The summed E-state index contributed by atoms with van der Waals surface area (Å²) in [5.74, 6) is 1.01. The van der Waals surface area contributed by atoms with Gasteiger partial charge in [0, 0.05) is 35.2 Å². The van der Waals surface area contributed by atoms with E-state index in [4.69, 9.17) is 0 Å². The Morgan fingerprint density at radius 3 is 2.65 bits per heavy atom. The predicted octanol–water partition coefficient (Wildman–Crippen LogP) is 2.57. The van der Waals surface area contributed by atoms with Gasteiger partial charge in [0.05, 0.1) is 0 Å². The second kappa shape index (κ2) is 5.68. The molecule has 1 aromatic carbocycles. The van der Waals surface area contributed by atoms with Crippen molar-refractivity contribution in [3.05, 3.63) is 47.8 Å². The molecule has 17 heavy (non-hydrogen) atoms. The molecule has 1 aromatic heterocycles. The minimum Gasteiger partial charge on any atom is -0.298 e. The number of rotatable bonds is 5. The third kappa shape index (κ3) is 3.20. The van der Waals surface area contributed by atoms with Crippen LogP contribution in [0.1, 0.15) is 16.1 Å². The lowest BCUT2D eigenvalue weighted by Crippen LogP contribution is -1.99. The number of aryl methyl sites for hydroxylation is 2. The van der Waals surface area contributed by atoms with Gasteiger partial charge in [-0.2, -0.15) is 5.10 Å². The fourth-order valence-electron chi connectivity index (χ4n) is 1.56. The fourth-order valence-corrected chi connectivity index (χ4v) is 2.44. The maximum absolute atomic E-state index is 10.5. The molecule has 0 N–H and O–H groups in total. The zero-order chi connectivity index (χ0) is 12.1. The highest BCUT2D eigenvalue weighted by molar-refractivity contribution is 7.99. The predicted molar refractivity (Wildman–Crippen MR) is 69.5 cm³/mol. The first-order chi connectivity index (χ1) is 8.29. The van der Waals surface area contributed by atoms with Crippen LogP contribution in [0, 0.1) is 0 Å². The van der Waals surface area contributed by atoms with E-state index in [1.807, 2.05) is 48.3 Å². The standard InChI is InChI=1S/C13H14N2OS/c1-15-12(6-8-14-15)7-9-17-13-4-2-11(10-16)3-5-13/h2-6,8,10H,7,9H2,1H3. The average molecular weight is 246 g/mol. The van der Waals surface area contributed by atoms with Crippen molar-refractivity contribution in [3.63, 3.8) is 0 Å². The Labute approximate surface area is 105 Å². The van der Waals surface area contributed by atoms with Gasteiger partial charge in [0.2, 0.25) is 0 Å². The van der Waals surface area contributed by atoms with Crippen molar-refractivity contribution in [1.82, 2.24) is 9.78 Å². The summed E-state index contributed by atoms with van der Waals surface area (Å²) < 4.78 is 1.90. The monoisotopic (exact) mass is 246 g/mol. The first-order valence-corrected chi connectivity index (χ1v) is 6.43. The minimum absolute atomic E-state index is 0.723. The summed E-state index contributed by atoms with van der Waals surface area (Å²) >= 11 is 1.79. The molecule has 0 radical (unpaired) electrons. The minimum atomic E-state index is 0.723. The number of hydrogen-bond donors (Lipinski definition) is 0. The number of thioether (sulfide) groups is 1. The van der Waals surface area contributed by atoms with E-state index < -0.39 is 0 Å². The van der Waals surface area contributed by atoms with Crippen molar-refractivity contribution < 1.29 is 4.79 Å². The van der Waals surface area contributed by atoms with Gasteiger partial charge in [-0.05, 0) is 24.6 Å². The Kier molecular flexibility index (Phi) is 3.98. The van der Waals surface area contributed by atoms with Gasteiger partial charge in [0.1, 0.15) is 6.29 Å². The van der Waals surface area contributed by atoms with Crippen molar-refractivity contribution in [2.75, 3.05) is 5.75 Å². The molecule has 0 bridgehead atoms. The van der Waals surface area contributed by atoms with Crippen LogP contribution in [-0.4, -0.2) is 21.8 Å². The average Bonchev–Trinajstić information content (AvgIpc) is 2.76. The molecule has 3 nitrogen and oxygen atoms in total. The molecule has 0 amide bonds. The van der Waals surface area contributed by atoms with Gasteiger partial charge in [-0.15, -0.1) is 11.8 Å². The molecule has 0 aliphatic carbocycles. The topological polar surface area (TPSA) is 34.9 Å². The zero-order valence-electron chi connectivity index (χ0n) is 9.67. The van der Waals surface area contributed by atoms with Crippen LogP contribution in [0.2, 0.25) is 0 Å². The normalized spacial score (nSPS) is 10.4. The lowest BCUT2D eigenvalue weighted by Gasteiger charge is -2.02. The van der Waals surface area contributed by atoms with E-state index >= 15 is 0 Å². The number of carbonyl (C=O) groups excluding carboxylic acids is 1. The van der Waals surface area contributed by atoms with Crippen molar-refractivity contribution in [3.8, 4) is 0 Å². The molecule has 0 saturated carbocycles. The fraction of sp³-hybridized carbons (Fsp3) is 0.231. The second-order valence-electron chi connectivity index (χ2n) is 3.73. The van der Waals surface area contributed by atoms with Gasteiger partial charge in [0.25, 0.3) is 0 Å². The van der Waals surface area contributed by atoms with E-state index in [0.717, 1.165) is 24.0 Å². The molecule has 4 heteroatoms. The molecule has 0 aliphatic rings. The van der Waals surface area contributed by atoms with Crippen LogP contribution in [0.4, 0.5) is 0 Å². The van der Waals surface area contributed by atoms with Gasteiger partial charge in [-0.1, -0.05) is 12.1 Å². The first-order valence-electron chi connectivity index (χ1n) is 5.44. The molecule has 2 aromatic rings. The maximum Gasteiger partial charge on any atom is 0.150 e. The summed E-state index contributed by atoms with van der Waals surface area (Å²) in [6.07, 6.45) is 3.68. The Balaban J connectivity index is 1.85. The number of aromatic nitrogens is 2. The Morgan fingerprint density at radius 2 is 2.06 bits per heavy atom. The summed E-state index contributed by atoms with van der Waals surface area (Å²) in [5, 5.41) is 4.13. The third-order valence-corrected chi connectivity index (χ3v) is 3.58. The van der Waals surface area contributed by atoms with Crippen molar-refractivity contribution >= 4 is 18.0 Å². The van der Waals surface area contributed by atoms with Crippen molar-refractivity contribution in [1.29, 1.82) is 0 Å². The quantitative estimate of drug-likeness (QED) is 0.601. The Morgan fingerprint density at radius 1 is 1.29 bits per heavy atom. The molecule has 0 aliphatic heterocycles. The molecular formula is C13H14N2OS. The van der Waals surface area contributed by atoms with Gasteiger partial charge in [-0.3, -0.25) is 9.48 Å². The summed E-state index contributed by atoms with van der Waals surface area (Å²) in [7, 11) is 1.96. The Hall–Kier alpha value is -1.55. The highest BCUT2D eigenvalue weighted by Gasteiger charge is 1.99. The molecule has 0 fully saturated rings. The zero-order valence-corrected chi connectivity index (χ0v) is 10.5. The van der Waals surface area contributed by atoms with Crippen LogP contribution in [0.25, 0.3) is 0 Å². The SMILES string of the molecule is Cn1nccc1CCSc1ccc(C=O)cc1. The molecular weight excluding hydrogens is 232 g/mol. The maximum atomic E-state index is 10.5.